The summed E-state index contributed by atoms with van der Waals surface area (Å²) in [4.78, 5) is 24.8. The molecule has 0 bridgehead atoms. The van der Waals surface area contributed by atoms with Crippen LogP contribution in [-0.2, 0) is 0 Å². The number of hydrogen-bond acceptors (Lipinski definition) is 6. The summed E-state index contributed by atoms with van der Waals surface area (Å²) in [5.41, 5.74) is 15.8. The lowest BCUT2D eigenvalue weighted by atomic mass is 10.0. The van der Waals surface area contributed by atoms with Crippen molar-refractivity contribution in [2.24, 2.45) is 0 Å². The fourth-order valence-electron chi connectivity index (χ4n) is 9.16. The van der Waals surface area contributed by atoms with Crippen molar-refractivity contribution in [3.8, 4) is 56.5 Å². The Labute approximate surface area is 360 Å². The van der Waals surface area contributed by atoms with Crippen molar-refractivity contribution < 1.29 is 4.42 Å². The summed E-state index contributed by atoms with van der Waals surface area (Å²) in [5, 5.41) is 4.60. The second kappa shape index (κ2) is 13.9. The third kappa shape index (κ3) is 5.66. The number of para-hydroxylation sites is 2. The van der Waals surface area contributed by atoms with E-state index in [0.29, 0.717) is 11.5 Å². The zero-order chi connectivity index (χ0) is 41.4. The molecule has 6 aromatic carbocycles. The van der Waals surface area contributed by atoms with Crippen molar-refractivity contribution in [1.29, 1.82) is 0 Å². The molecule has 8 nitrogen and oxygen atoms in total. The van der Waals surface area contributed by atoms with E-state index in [1.54, 1.807) is 6.20 Å². The second-order valence-corrected chi connectivity index (χ2v) is 15.8. The second-order valence-electron chi connectivity index (χ2n) is 15.8. The fraction of sp³-hybridized carbons (Fsp3) is 0. The summed E-state index contributed by atoms with van der Waals surface area (Å²) in [6, 6.07) is 63.2. The summed E-state index contributed by atoms with van der Waals surface area (Å²) in [6.07, 6.45) is 5.56. The number of furan rings is 1. The lowest BCUT2D eigenvalue weighted by Gasteiger charge is -2.12. The van der Waals surface area contributed by atoms with Crippen LogP contribution in [0.1, 0.15) is 0 Å². The van der Waals surface area contributed by atoms with Crippen LogP contribution in [0.3, 0.4) is 0 Å². The smallest absolute Gasteiger partial charge is 0.235 e. The summed E-state index contributed by atoms with van der Waals surface area (Å²) in [6.45, 7) is 0. The van der Waals surface area contributed by atoms with E-state index >= 15 is 0 Å². The molecule has 0 saturated heterocycles. The van der Waals surface area contributed by atoms with E-state index in [1.165, 1.54) is 5.39 Å². The molecule has 0 aliphatic rings. The van der Waals surface area contributed by atoms with Crippen LogP contribution in [0, 0.1) is 0 Å². The fourth-order valence-corrected chi connectivity index (χ4v) is 9.16. The highest BCUT2D eigenvalue weighted by Crippen LogP contribution is 2.39. The molecule has 0 saturated carbocycles. The van der Waals surface area contributed by atoms with Crippen molar-refractivity contribution in [3.63, 3.8) is 0 Å². The van der Waals surface area contributed by atoms with Gasteiger partial charge < -0.3 is 8.98 Å². The first-order valence-electron chi connectivity index (χ1n) is 20.9. The van der Waals surface area contributed by atoms with E-state index in [2.05, 4.69) is 135 Å². The highest BCUT2D eigenvalue weighted by molar-refractivity contribution is 6.12. The van der Waals surface area contributed by atoms with Gasteiger partial charge in [-0.05, 0) is 77.9 Å². The maximum absolute atomic E-state index is 6.02. The Morgan fingerprint density at radius 2 is 1.00 bits per heavy atom. The van der Waals surface area contributed by atoms with Crippen LogP contribution < -0.4 is 0 Å². The van der Waals surface area contributed by atoms with E-state index in [0.717, 1.165) is 105 Å². The maximum atomic E-state index is 6.02. The molecular weight excluding hydrogens is 775 g/mol. The van der Waals surface area contributed by atoms with Crippen molar-refractivity contribution in [2.45, 2.75) is 0 Å². The van der Waals surface area contributed by atoms with Gasteiger partial charge in [0, 0.05) is 50.6 Å². The van der Waals surface area contributed by atoms with Crippen molar-refractivity contribution in [1.82, 2.24) is 34.1 Å². The third-order valence-electron chi connectivity index (χ3n) is 12.1. The molecular formula is C55H33N7O. The molecule has 0 N–H and O–H groups in total. The minimum Gasteiger partial charge on any atom is -0.453 e. The van der Waals surface area contributed by atoms with Crippen molar-refractivity contribution in [3.05, 3.63) is 201 Å². The first-order valence-corrected chi connectivity index (χ1v) is 20.9. The van der Waals surface area contributed by atoms with Gasteiger partial charge in [-0.3, -0.25) is 14.5 Å². The Morgan fingerprint density at radius 1 is 0.365 bits per heavy atom. The van der Waals surface area contributed by atoms with Crippen LogP contribution in [-0.4, -0.2) is 34.1 Å². The first-order chi connectivity index (χ1) is 31.2. The molecule has 0 aliphatic heterocycles. The van der Waals surface area contributed by atoms with E-state index < -0.39 is 0 Å². The SMILES string of the molecule is c1ccc(-c2cc(-c3ccccc3)nc(-n3c4ccccc4c4cc(-c5ccc6c7ccccc7n(-c7cncc(-c8ccc9oc%10cccnc%10c9n8)c7)c6c5)ccc43)n2)cc1. The van der Waals surface area contributed by atoms with E-state index in [4.69, 9.17) is 24.4 Å². The number of pyridine rings is 3. The number of nitrogens with zero attached hydrogens (tertiary/aromatic N) is 7. The molecule has 0 atom stereocenters. The van der Waals surface area contributed by atoms with Gasteiger partial charge in [0.1, 0.15) is 11.0 Å². The van der Waals surface area contributed by atoms with Crippen LogP contribution in [0.15, 0.2) is 205 Å². The van der Waals surface area contributed by atoms with E-state index in [9.17, 15) is 0 Å². The number of hydrogen-bond donors (Lipinski definition) is 0. The lowest BCUT2D eigenvalue weighted by molar-refractivity contribution is 0.667. The topological polar surface area (TPSA) is 87.5 Å². The summed E-state index contributed by atoms with van der Waals surface area (Å²) in [7, 11) is 0. The zero-order valence-corrected chi connectivity index (χ0v) is 33.6. The largest absolute Gasteiger partial charge is 0.453 e. The maximum Gasteiger partial charge on any atom is 0.235 e. The van der Waals surface area contributed by atoms with Gasteiger partial charge in [-0.2, -0.15) is 0 Å². The molecule has 0 unspecified atom stereocenters. The first kappa shape index (κ1) is 35.0. The molecule has 0 fully saturated rings. The molecule has 0 spiro atoms. The Balaban J connectivity index is 0.961. The minimum atomic E-state index is 0.626. The third-order valence-corrected chi connectivity index (χ3v) is 12.1. The molecule has 13 aromatic rings. The predicted molar refractivity (Wildman–Crippen MR) is 253 cm³/mol. The molecule has 294 valence electrons. The molecule has 13 rings (SSSR count). The number of rotatable bonds is 6. The monoisotopic (exact) mass is 807 g/mol. The highest BCUT2D eigenvalue weighted by Gasteiger charge is 2.20. The van der Waals surface area contributed by atoms with Gasteiger partial charge in [0.05, 0.1) is 51.0 Å². The summed E-state index contributed by atoms with van der Waals surface area (Å²) >= 11 is 0. The van der Waals surface area contributed by atoms with Crippen molar-refractivity contribution >= 4 is 65.8 Å². The van der Waals surface area contributed by atoms with Gasteiger partial charge in [0.15, 0.2) is 11.2 Å². The molecule has 63 heavy (non-hydrogen) atoms. The Morgan fingerprint density at radius 3 is 1.78 bits per heavy atom. The molecule has 7 heterocycles. The van der Waals surface area contributed by atoms with Crippen LogP contribution in [0.25, 0.3) is 122 Å². The van der Waals surface area contributed by atoms with Crippen LogP contribution in [0.4, 0.5) is 0 Å². The standard InChI is InChI=1S/C55H33N7O/c1-3-12-34(13-4-1)45-31-46(35-14-5-2-6-15-35)60-55(59-45)62-48-19-10-8-17-41(48)43-29-36(22-25-49(43)62)37-21-23-42-40-16-7-9-18-47(40)61(50(42)30-37)39-28-38(32-56-33-39)44-24-26-52-54(58-44)53-51(63-52)20-11-27-57-53/h1-33H. The summed E-state index contributed by atoms with van der Waals surface area (Å²) in [5.74, 6) is 0.626. The average Bonchev–Trinajstić information content (AvgIpc) is 4.01. The molecule has 0 amide bonds. The quantitative estimate of drug-likeness (QED) is 0.166. The zero-order valence-electron chi connectivity index (χ0n) is 33.6. The van der Waals surface area contributed by atoms with Crippen molar-refractivity contribution in [2.75, 3.05) is 0 Å². The van der Waals surface area contributed by atoms with Crippen LogP contribution in [0.5, 0.6) is 0 Å². The van der Waals surface area contributed by atoms with Gasteiger partial charge in [0.2, 0.25) is 5.95 Å². The molecule has 7 aromatic heterocycles. The highest BCUT2D eigenvalue weighted by atomic mass is 16.3. The molecule has 8 heteroatoms. The van der Waals surface area contributed by atoms with Gasteiger partial charge in [-0.1, -0.05) is 115 Å². The van der Waals surface area contributed by atoms with Gasteiger partial charge in [-0.25, -0.2) is 15.0 Å². The predicted octanol–water partition coefficient (Wildman–Crippen LogP) is 13.4. The Kier molecular flexibility index (Phi) is 7.74. The summed E-state index contributed by atoms with van der Waals surface area (Å²) < 4.78 is 10.5. The minimum absolute atomic E-state index is 0.626. The normalized spacial score (nSPS) is 11.8. The van der Waals surface area contributed by atoms with E-state index in [-0.39, 0.29) is 0 Å². The number of benzene rings is 6. The number of fused-ring (bicyclic) bond motifs is 9. The van der Waals surface area contributed by atoms with Crippen LogP contribution in [0.2, 0.25) is 0 Å². The average molecular weight is 808 g/mol. The Hall–Kier alpha value is -8.75. The van der Waals surface area contributed by atoms with Gasteiger partial charge >= 0.3 is 0 Å². The van der Waals surface area contributed by atoms with Gasteiger partial charge in [-0.15, -0.1) is 0 Å². The van der Waals surface area contributed by atoms with Gasteiger partial charge in [0.25, 0.3) is 0 Å². The number of aromatic nitrogens is 7. The molecule has 0 aliphatic carbocycles. The van der Waals surface area contributed by atoms with E-state index in [1.807, 2.05) is 73.1 Å². The molecule has 0 radical (unpaired) electrons. The Bertz CT molecular complexity index is 3870. The lowest BCUT2D eigenvalue weighted by Crippen LogP contribution is -2.03. The van der Waals surface area contributed by atoms with Crippen LogP contribution >= 0.6 is 0 Å².